The van der Waals surface area contributed by atoms with Gasteiger partial charge in [0.05, 0.1) is 12.0 Å². The van der Waals surface area contributed by atoms with Gasteiger partial charge in [0.1, 0.15) is 11.1 Å². The summed E-state index contributed by atoms with van der Waals surface area (Å²) in [6.07, 6.45) is 0.459. The van der Waals surface area contributed by atoms with Gasteiger partial charge in [-0.3, -0.25) is 14.4 Å². The van der Waals surface area contributed by atoms with Gasteiger partial charge in [0, 0.05) is 18.7 Å². The molecule has 0 radical (unpaired) electrons. The molecule has 8 heteroatoms. The Morgan fingerprint density at radius 2 is 2.07 bits per heavy atom. The van der Waals surface area contributed by atoms with Gasteiger partial charge in [-0.25, -0.2) is 0 Å². The number of anilines is 2. The molecule has 0 unspecified atom stereocenters. The van der Waals surface area contributed by atoms with Gasteiger partial charge in [-0.15, -0.1) is 11.3 Å². The van der Waals surface area contributed by atoms with Crippen molar-refractivity contribution in [1.29, 1.82) is 5.26 Å². The third-order valence-corrected chi connectivity index (χ3v) is 5.20. The number of rotatable bonds is 6. The number of amides is 2. The number of benzene rings is 1. The number of esters is 1. The summed E-state index contributed by atoms with van der Waals surface area (Å²) in [4.78, 5) is 37.8. The molecule has 2 heterocycles. The van der Waals surface area contributed by atoms with Crippen molar-refractivity contribution in [3.63, 3.8) is 0 Å². The summed E-state index contributed by atoms with van der Waals surface area (Å²) >= 11 is 1.23. The highest BCUT2D eigenvalue weighted by Crippen LogP contribution is 2.23. The molecule has 1 atom stereocenters. The molecule has 1 N–H and O–H groups in total. The van der Waals surface area contributed by atoms with Crippen molar-refractivity contribution in [2.45, 2.75) is 32.3 Å². The lowest BCUT2D eigenvalue weighted by molar-refractivity contribution is -0.152. The number of nitrogens with one attached hydrogen (secondary N) is 1. The van der Waals surface area contributed by atoms with Gasteiger partial charge in [0.2, 0.25) is 5.91 Å². The molecule has 1 saturated heterocycles. The van der Waals surface area contributed by atoms with Gasteiger partial charge in [0.25, 0.3) is 5.91 Å². The highest BCUT2D eigenvalue weighted by Gasteiger charge is 2.22. The van der Waals surface area contributed by atoms with Crippen molar-refractivity contribution in [1.82, 2.24) is 0 Å². The molecule has 1 aromatic carbocycles. The van der Waals surface area contributed by atoms with Crippen LogP contribution in [0.1, 0.15) is 30.9 Å². The summed E-state index contributed by atoms with van der Waals surface area (Å²) in [5.41, 5.74) is 1.92. The Bertz CT molecular complexity index is 930. The van der Waals surface area contributed by atoms with E-state index in [1.54, 1.807) is 28.5 Å². The van der Waals surface area contributed by atoms with Crippen LogP contribution < -0.4 is 10.2 Å². The van der Waals surface area contributed by atoms with Gasteiger partial charge in [-0.1, -0.05) is 12.1 Å². The van der Waals surface area contributed by atoms with E-state index in [0.717, 1.165) is 17.7 Å². The Morgan fingerprint density at radius 3 is 2.71 bits per heavy atom. The third-order valence-electron chi connectivity index (χ3n) is 4.37. The van der Waals surface area contributed by atoms with E-state index in [0.29, 0.717) is 23.5 Å². The summed E-state index contributed by atoms with van der Waals surface area (Å²) in [7, 11) is 0. The molecule has 1 aliphatic rings. The molecule has 1 fully saturated rings. The minimum absolute atomic E-state index is 0.0221. The zero-order valence-corrected chi connectivity index (χ0v) is 16.1. The fraction of sp³-hybridized carbons (Fsp3) is 0.300. The molecule has 28 heavy (non-hydrogen) atoms. The number of nitrogens with zero attached hydrogens (tertiary/aromatic N) is 2. The Morgan fingerprint density at radius 1 is 1.32 bits per heavy atom. The predicted octanol–water partition coefficient (Wildman–Crippen LogP) is 2.86. The Hall–Kier alpha value is -3.18. The summed E-state index contributed by atoms with van der Waals surface area (Å²) in [6, 6.07) is 10.8. The molecule has 0 bridgehead atoms. The number of ether oxygens (including phenoxy) is 1. The fourth-order valence-corrected chi connectivity index (χ4v) is 3.62. The molecular weight excluding hydrogens is 378 g/mol. The quantitative estimate of drug-likeness (QED) is 0.756. The van der Waals surface area contributed by atoms with Crippen LogP contribution in [-0.4, -0.2) is 30.4 Å². The predicted molar refractivity (Wildman–Crippen MR) is 105 cm³/mol. The largest absolute Gasteiger partial charge is 0.452 e. The smallest absolute Gasteiger partial charge is 0.311 e. The molecule has 1 aliphatic heterocycles. The lowest BCUT2D eigenvalue weighted by Crippen LogP contribution is -2.30. The number of hydrogen-bond donors (Lipinski definition) is 1. The maximum atomic E-state index is 12.2. The second-order valence-corrected chi connectivity index (χ2v) is 7.30. The van der Waals surface area contributed by atoms with Crippen LogP contribution in [0.15, 0.2) is 35.7 Å². The second-order valence-electron chi connectivity index (χ2n) is 6.39. The highest BCUT2D eigenvalue weighted by molar-refractivity contribution is 7.14. The van der Waals surface area contributed by atoms with Crippen LogP contribution in [0.4, 0.5) is 10.7 Å². The molecule has 0 aliphatic carbocycles. The van der Waals surface area contributed by atoms with Crippen molar-refractivity contribution in [3.05, 3.63) is 46.8 Å². The SMILES string of the molecule is C[C@@H](OC(=O)Cc1ccc(N2CCCC2=O)cc1)C(=O)Nc1sccc1C#N. The number of thiophene rings is 1. The first kappa shape index (κ1) is 19.6. The number of hydrogen-bond acceptors (Lipinski definition) is 6. The van der Waals surface area contributed by atoms with E-state index in [-0.39, 0.29) is 12.3 Å². The monoisotopic (exact) mass is 397 g/mol. The van der Waals surface area contributed by atoms with E-state index in [4.69, 9.17) is 10.00 Å². The van der Waals surface area contributed by atoms with Crippen LogP contribution in [0.25, 0.3) is 0 Å². The molecule has 2 aromatic rings. The zero-order chi connectivity index (χ0) is 20.1. The lowest BCUT2D eigenvalue weighted by Gasteiger charge is -2.16. The van der Waals surface area contributed by atoms with E-state index in [9.17, 15) is 14.4 Å². The Kier molecular flexibility index (Phi) is 6.06. The summed E-state index contributed by atoms with van der Waals surface area (Å²) in [5.74, 6) is -0.910. The zero-order valence-electron chi connectivity index (χ0n) is 15.3. The maximum absolute atomic E-state index is 12.2. The molecule has 0 saturated carbocycles. The van der Waals surface area contributed by atoms with Crippen molar-refractivity contribution < 1.29 is 19.1 Å². The van der Waals surface area contributed by atoms with Crippen LogP contribution in [-0.2, 0) is 25.5 Å². The number of nitriles is 1. The normalized spacial score (nSPS) is 14.4. The van der Waals surface area contributed by atoms with Gasteiger partial charge in [-0.2, -0.15) is 5.26 Å². The number of carbonyl (C=O) groups is 3. The standard InChI is InChI=1S/C20H19N3O4S/c1-13(19(26)22-20-15(12-21)8-10-28-20)27-18(25)11-14-4-6-16(7-5-14)23-9-2-3-17(23)24/h4-8,10,13H,2-3,9,11H2,1H3,(H,22,26)/t13-/m1/s1. The van der Waals surface area contributed by atoms with Crippen molar-refractivity contribution >= 4 is 39.8 Å². The second kappa shape index (κ2) is 8.67. The Balaban J connectivity index is 1.52. The van der Waals surface area contributed by atoms with Crippen LogP contribution >= 0.6 is 11.3 Å². The van der Waals surface area contributed by atoms with Gasteiger partial charge < -0.3 is 15.0 Å². The minimum atomic E-state index is -0.984. The molecule has 2 amide bonds. The summed E-state index contributed by atoms with van der Waals surface area (Å²) in [5, 5.41) is 13.7. The average molecular weight is 397 g/mol. The van der Waals surface area contributed by atoms with Crippen LogP contribution in [0.2, 0.25) is 0 Å². The van der Waals surface area contributed by atoms with Crippen LogP contribution in [0.3, 0.4) is 0 Å². The summed E-state index contributed by atoms with van der Waals surface area (Å²) < 4.78 is 5.19. The first-order valence-corrected chi connectivity index (χ1v) is 9.73. The molecule has 7 nitrogen and oxygen atoms in total. The summed E-state index contributed by atoms with van der Waals surface area (Å²) in [6.45, 7) is 2.19. The lowest BCUT2D eigenvalue weighted by atomic mass is 10.1. The first-order chi connectivity index (χ1) is 13.5. The molecular formula is C20H19N3O4S. The van der Waals surface area contributed by atoms with E-state index < -0.39 is 18.0 Å². The minimum Gasteiger partial charge on any atom is -0.452 e. The molecule has 3 rings (SSSR count). The maximum Gasteiger partial charge on any atom is 0.311 e. The molecule has 0 spiro atoms. The van der Waals surface area contributed by atoms with Gasteiger partial charge in [0.15, 0.2) is 6.10 Å². The van der Waals surface area contributed by atoms with Crippen LogP contribution in [0.5, 0.6) is 0 Å². The number of carbonyl (C=O) groups excluding carboxylic acids is 3. The van der Waals surface area contributed by atoms with Gasteiger partial charge in [-0.05, 0) is 42.5 Å². The van der Waals surface area contributed by atoms with Gasteiger partial charge >= 0.3 is 5.97 Å². The van der Waals surface area contributed by atoms with E-state index in [1.165, 1.54) is 18.3 Å². The fourth-order valence-electron chi connectivity index (χ4n) is 2.88. The van der Waals surface area contributed by atoms with Crippen molar-refractivity contribution in [2.24, 2.45) is 0 Å². The van der Waals surface area contributed by atoms with E-state index in [2.05, 4.69) is 5.32 Å². The first-order valence-electron chi connectivity index (χ1n) is 8.85. The third kappa shape index (κ3) is 4.56. The van der Waals surface area contributed by atoms with Crippen molar-refractivity contribution in [2.75, 3.05) is 16.8 Å². The Labute approximate surface area is 166 Å². The topological polar surface area (TPSA) is 99.5 Å². The van der Waals surface area contributed by atoms with Crippen molar-refractivity contribution in [3.8, 4) is 6.07 Å². The molecule has 1 aromatic heterocycles. The average Bonchev–Trinajstić information content (AvgIpc) is 3.30. The highest BCUT2D eigenvalue weighted by atomic mass is 32.1. The van der Waals surface area contributed by atoms with E-state index in [1.807, 2.05) is 18.2 Å². The van der Waals surface area contributed by atoms with E-state index >= 15 is 0 Å². The molecule has 144 valence electrons. The van der Waals surface area contributed by atoms with Crippen LogP contribution in [0, 0.1) is 11.3 Å².